The maximum absolute atomic E-state index is 13.5. The van der Waals surface area contributed by atoms with Crippen LogP contribution in [0, 0.1) is 6.92 Å². The van der Waals surface area contributed by atoms with Gasteiger partial charge in [-0.15, -0.1) is 0 Å². The molecule has 178 valence electrons. The second-order valence-corrected chi connectivity index (χ2v) is 12.0. The van der Waals surface area contributed by atoms with E-state index in [1.165, 1.54) is 11.1 Å². The van der Waals surface area contributed by atoms with E-state index in [9.17, 15) is 13.2 Å². The van der Waals surface area contributed by atoms with Gasteiger partial charge in [0.25, 0.3) is 0 Å². The fourth-order valence-electron chi connectivity index (χ4n) is 5.59. The van der Waals surface area contributed by atoms with Crippen molar-refractivity contribution in [2.75, 3.05) is 26.2 Å². The van der Waals surface area contributed by atoms with Gasteiger partial charge < -0.3 is 9.64 Å². The summed E-state index contributed by atoms with van der Waals surface area (Å²) in [5, 5.41) is 0. The van der Waals surface area contributed by atoms with Gasteiger partial charge in [-0.05, 0) is 72.9 Å². The number of carbonyl (C=O) groups excluding carboxylic acids is 1. The van der Waals surface area contributed by atoms with Gasteiger partial charge >= 0.3 is 0 Å². The Bertz CT molecular complexity index is 1290. The Balaban J connectivity index is 1.18. The molecular weight excluding hydrogens is 448 g/mol. The van der Waals surface area contributed by atoms with Crippen molar-refractivity contribution in [2.45, 2.75) is 55.6 Å². The van der Waals surface area contributed by atoms with E-state index in [2.05, 4.69) is 30.4 Å². The lowest BCUT2D eigenvalue weighted by Gasteiger charge is -2.46. The smallest absolute Gasteiger partial charge is 0.248 e. The van der Waals surface area contributed by atoms with Crippen molar-refractivity contribution in [2.24, 2.45) is 0 Å². The Kier molecular flexibility index (Phi) is 5.20. The summed E-state index contributed by atoms with van der Waals surface area (Å²) in [5.74, 6) is 0.0681. The van der Waals surface area contributed by atoms with E-state index >= 15 is 0 Å². The topological polar surface area (TPSA) is 66.9 Å². The van der Waals surface area contributed by atoms with Gasteiger partial charge in [-0.3, -0.25) is 4.79 Å². The van der Waals surface area contributed by atoms with Gasteiger partial charge in [0.05, 0.1) is 17.0 Å². The summed E-state index contributed by atoms with van der Waals surface area (Å²) in [5.41, 5.74) is 5.05. The molecule has 0 aromatic heterocycles. The van der Waals surface area contributed by atoms with Crippen LogP contribution in [0.15, 0.2) is 47.4 Å². The van der Waals surface area contributed by atoms with E-state index in [0.29, 0.717) is 43.4 Å². The number of fused-ring (bicyclic) bond motifs is 1. The number of rotatable bonds is 4. The van der Waals surface area contributed by atoms with Crippen molar-refractivity contribution in [3.05, 3.63) is 59.2 Å². The Morgan fingerprint density at radius 2 is 1.76 bits per heavy atom. The van der Waals surface area contributed by atoms with Gasteiger partial charge in [-0.2, -0.15) is 4.31 Å². The predicted octanol–water partition coefficient (Wildman–Crippen LogP) is 3.78. The number of hydrogen-bond donors (Lipinski definition) is 0. The van der Waals surface area contributed by atoms with Crippen LogP contribution in [-0.4, -0.2) is 61.4 Å². The van der Waals surface area contributed by atoms with Crippen molar-refractivity contribution in [1.29, 1.82) is 0 Å². The summed E-state index contributed by atoms with van der Waals surface area (Å²) in [6, 6.07) is 12.4. The predicted molar refractivity (Wildman–Crippen MR) is 131 cm³/mol. The van der Waals surface area contributed by atoms with Crippen molar-refractivity contribution in [1.82, 2.24) is 9.21 Å². The molecule has 2 aromatic carbocycles. The number of carbonyl (C=O) groups is 1. The van der Waals surface area contributed by atoms with Crippen LogP contribution in [0.3, 0.4) is 0 Å². The molecule has 4 aliphatic rings. The molecule has 2 heterocycles. The number of allylic oxidation sites excluding steroid dienone is 1. The highest BCUT2D eigenvalue weighted by Crippen LogP contribution is 2.38. The van der Waals surface area contributed by atoms with Crippen LogP contribution in [0.5, 0.6) is 0 Å². The molecule has 3 fully saturated rings. The van der Waals surface area contributed by atoms with E-state index in [1.54, 1.807) is 10.4 Å². The van der Waals surface area contributed by atoms with E-state index in [0.717, 1.165) is 36.0 Å². The molecule has 2 aromatic rings. The second-order valence-electron chi connectivity index (χ2n) is 10.1. The van der Waals surface area contributed by atoms with Crippen LogP contribution in [0.25, 0.3) is 17.2 Å². The molecular formula is C27H30N2O4S. The standard InChI is InChI=1S/C27H30N2O4S/c1-19-15-22(23-6-5-20-3-2-4-21(20)16-23)7-10-25(19)34(31,32)28-13-11-27(12-14-28)18-29(24-8-9-24)26(30)17-33-27/h2-3,5-7,10,15-16,24H,4,8-9,11-14,17-18H2,1H3. The van der Waals surface area contributed by atoms with Gasteiger partial charge in [0, 0.05) is 19.1 Å². The Labute approximate surface area is 201 Å². The monoisotopic (exact) mass is 478 g/mol. The molecule has 1 saturated carbocycles. The van der Waals surface area contributed by atoms with Gasteiger partial charge in [-0.25, -0.2) is 8.42 Å². The molecule has 2 aliphatic heterocycles. The maximum atomic E-state index is 13.5. The molecule has 6 nitrogen and oxygen atoms in total. The number of piperidine rings is 1. The van der Waals surface area contributed by atoms with Gasteiger partial charge in [0.1, 0.15) is 6.61 Å². The molecule has 1 spiro atoms. The number of nitrogens with zero attached hydrogens (tertiary/aromatic N) is 2. The lowest BCUT2D eigenvalue weighted by atomic mass is 9.90. The highest BCUT2D eigenvalue weighted by atomic mass is 32.2. The molecule has 0 atom stereocenters. The molecule has 34 heavy (non-hydrogen) atoms. The van der Waals surface area contributed by atoms with Crippen molar-refractivity contribution in [3.63, 3.8) is 0 Å². The first kappa shape index (κ1) is 22.0. The van der Waals surface area contributed by atoms with Crippen molar-refractivity contribution in [3.8, 4) is 11.1 Å². The number of benzene rings is 2. The fraction of sp³-hybridized carbons (Fsp3) is 0.444. The lowest BCUT2D eigenvalue weighted by Crippen LogP contribution is -2.59. The zero-order valence-corrected chi connectivity index (χ0v) is 20.3. The SMILES string of the molecule is Cc1cc(-c2ccc3c(c2)CC=C3)ccc1S(=O)(=O)N1CCC2(CC1)CN(C1CC1)C(=O)CO2. The largest absolute Gasteiger partial charge is 0.363 e. The summed E-state index contributed by atoms with van der Waals surface area (Å²) in [7, 11) is -3.60. The van der Waals surface area contributed by atoms with Crippen LogP contribution in [0.2, 0.25) is 0 Å². The van der Waals surface area contributed by atoms with E-state index < -0.39 is 15.6 Å². The normalized spacial score (nSPS) is 22.4. The summed E-state index contributed by atoms with van der Waals surface area (Å²) in [6.07, 6.45) is 8.62. The highest BCUT2D eigenvalue weighted by molar-refractivity contribution is 7.89. The van der Waals surface area contributed by atoms with Gasteiger partial charge in [0.2, 0.25) is 15.9 Å². The molecule has 0 bridgehead atoms. The average molecular weight is 479 g/mol. The number of hydrogen-bond acceptors (Lipinski definition) is 4. The zero-order chi connectivity index (χ0) is 23.5. The number of morpholine rings is 1. The first-order chi connectivity index (χ1) is 16.3. The summed E-state index contributed by atoms with van der Waals surface area (Å²) < 4.78 is 34.6. The molecule has 0 N–H and O–H groups in total. The van der Waals surface area contributed by atoms with Crippen molar-refractivity contribution < 1.29 is 17.9 Å². The third kappa shape index (κ3) is 3.80. The number of aryl methyl sites for hydroxylation is 1. The lowest BCUT2D eigenvalue weighted by molar-refractivity contribution is -0.170. The maximum Gasteiger partial charge on any atom is 0.248 e. The zero-order valence-electron chi connectivity index (χ0n) is 19.5. The Hall–Kier alpha value is -2.48. The molecule has 1 amide bonds. The molecule has 2 saturated heterocycles. The Morgan fingerprint density at radius 1 is 1.03 bits per heavy atom. The van der Waals surface area contributed by atoms with E-state index in [-0.39, 0.29) is 12.5 Å². The highest BCUT2D eigenvalue weighted by Gasteiger charge is 2.47. The molecule has 2 aliphatic carbocycles. The number of sulfonamides is 1. The molecule has 0 unspecified atom stereocenters. The van der Waals surface area contributed by atoms with Crippen molar-refractivity contribution >= 4 is 22.0 Å². The van der Waals surface area contributed by atoms with Crippen LogP contribution in [0.1, 0.15) is 42.4 Å². The number of amides is 1. The van der Waals surface area contributed by atoms with Crippen LogP contribution in [0.4, 0.5) is 0 Å². The van der Waals surface area contributed by atoms with Crippen LogP contribution in [-0.2, 0) is 26.0 Å². The summed E-state index contributed by atoms with van der Waals surface area (Å²) in [4.78, 5) is 14.6. The third-order valence-electron chi connectivity index (χ3n) is 7.81. The molecule has 7 heteroatoms. The Morgan fingerprint density at radius 3 is 2.50 bits per heavy atom. The fourth-order valence-corrected chi connectivity index (χ4v) is 7.24. The summed E-state index contributed by atoms with van der Waals surface area (Å²) >= 11 is 0. The molecule has 0 radical (unpaired) electrons. The minimum absolute atomic E-state index is 0.0681. The first-order valence-corrected chi connectivity index (χ1v) is 13.6. The van der Waals surface area contributed by atoms with Gasteiger partial charge in [0.15, 0.2) is 0 Å². The summed E-state index contributed by atoms with van der Waals surface area (Å²) in [6.45, 7) is 3.40. The average Bonchev–Trinajstić information content (AvgIpc) is 3.57. The minimum Gasteiger partial charge on any atom is -0.363 e. The van der Waals surface area contributed by atoms with E-state index in [1.807, 2.05) is 24.0 Å². The second kappa shape index (κ2) is 8.04. The first-order valence-electron chi connectivity index (χ1n) is 12.2. The van der Waals surface area contributed by atoms with Crippen LogP contribution >= 0.6 is 0 Å². The minimum atomic E-state index is -3.60. The number of ether oxygens (including phenoxy) is 1. The third-order valence-corrected chi connectivity index (χ3v) is 9.87. The molecule has 6 rings (SSSR count). The van der Waals surface area contributed by atoms with E-state index in [4.69, 9.17) is 4.74 Å². The van der Waals surface area contributed by atoms with Crippen LogP contribution < -0.4 is 0 Å². The quantitative estimate of drug-likeness (QED) is 0.671. The van der Waals surface area contributed by atoms with Gasteiger partial charge in [-0.1, -0.05) is 42.5 Å².